The lowest BCUT2D eigenvalue weighted by atomic mass is 10.0. The molecular weight excluding hydrogens is 350 g/mol. The summed E-state index contributed by atoms with van der Waals surface area (Å²) in [4.78, 5) is 26.9. The number of nitrogens with zero attached hydrogens (tertiary/aromatic N) is 2. The highest BCUT2D eigenvalue weighted by Gasteiger charge is 2.47. The number of hydrogen-bond acceptors (Lipinski definition) is 6. The predicted molar refractivity (Wildman–Crippen MR) is 94.9 cm³/mol. The second kappa shape index (κ2) is 7.59. The highest BCUT2D eigenvalue weighted by molar-refractivity contribution is 5.80. The molecule has 2 amide bonds. The van der Waals surface area contributed by atoms with E-state index in [0.717, 1.165) is 26.0 Å². The molecule has 2 aliphatic heterocycles. The van der Waals surface area contributed by atoms with Crippen LogP contribution in [0.3, 0.4) is 0 Å². The Morgan fingerprint density at radius 3 is 3.00 bits per heavy atom. The van der Waals surface area contributed by atoms with E-state index < -0.39 is 0 Å². The quantitative estimate of drug-likeness (QED) is 0.811. The van der Waals surface area contributed by atoms with Crippen molar-refractivity contribution in [1.82, 2.24) is 15.4 Å². The Balaban J connectivity index is 1.22. The molecule has 3 heterocycles. The number of aromatic nitrogens is 1. The molecule has 1 aromatic rings. The van der Waals surface area contributed by atoms with Crippen molar-refractivity contribution in [2.75, 3.05) is 39.5 Å². The minimum atomic E-state index is -0.126. The topological polar surface area (TPSA) is 93.9 Å². The maximum atomic E-state index is 12.9. The van der Waals surface area contributed by atoms with E-state index in [4.69, 9.17) is 14.0 Å². The molecule has 3 aliphatic rings. The summed E-state index contributed by atoms with van der Waals surface area (Å²) in [5.41, 5.74) is 0.821. The fraction of sp³-hybridized carbons (Fsp3) is 0.737. The zero-order chi connectivity index (χ0) is 18.9. The van der Waals surface area contributed by atoms with E-state index in [-0.39, 0.29) is 35.7 Å². The largest absolute Gasteiger partial charge is 0.379 e. The molecule has 1 aliphatic carbocycles. The zero-order valence-corrected chi connectivity index (χ0v) is 15.7. The lowest BCUT2D eigenvalue weighted by Gasteiger charge is -2.25. The Bertz CT molecular complexity index is 699. The average Bonchev–Trinajstić information content (AvgIpc) is 3.13. The molecule has 2 saturated heterocycles. The molecule has 0 aromatic carbocycles. The molecule has 8 heteroatoms. The van der Waals surface area contributed by atoms with Gasteiger partial charge < -0.3 is 24.2 Å². The summed E-state index contributed by atoms with van der Waals surface area (Å²) in [6, 6.07) is 1.75. The van der Waals surface area contributed by atoms with Gasteiger partial charge >= 0.3 is 0 Å². The van der Waals surface area contributed by atoms with Crippen LogP contribution in [0.5, 0.6) is 0 Å². The van der Waals surface area contributed by atoms with Crippen molar-refractivity contribution in [2.45, 2.75) is 38.7 Å². The summed E-state index contributed by atoms with van der Waals surface area (Å²) in [6.07, 6.45) is 3.00. The van der Waals surface area contributed by atoms with Gasteiger partial charge in [0.2, 0.25) is 11.8 Å². The Morgan fingerprint density at radius 2 is 2.26 bits per heavy atom. The van der Waals surface area contributed by atoms with Gasteiger partial charge in [-0.15, -0.1) is 0 Å². The van der Waals surface area contributed by atoms with E-state index in [1.165, 1.54) is 0 Å². The van der Waals surface area contributed by atoms with Gasteiger partial charge in [-0.2, -0.15) is 0 Å². The minimum absolute atomic E-state index is 0.123. The lowest BCUT2D eigenvalue weighted by molar-refractivity contribution is -0.136. The predicted octanol–water partition coefficient (Wildman–Crippen LogP) is 0.686. The molecule has 2 atom stereocenters. The van der Waals surface area contributed by atoms with Gasteiger partial charge in [0.25, 0.3) is 0 Å². The number of amides is 2. The molecule has 3 fully saturated rings. The number of carbonyl (C=O) groups is 2. The standard InChI is InChI=1S/C19H27N3O5/c1-13-6-15(21-27-13)8-17(23)20-9-16-7-14(10-26-16)18(24)22-4-5-25-12-19(11-22)2-3-19/h6,14,16H,2-5,7-12H2,1H3,(H,20,23)/t14-,16-/m0/s1. The van der Waals surface area contributed by atoms with Gasteiger partial charge in [-0.3, -0.25) is 9.59 Å². The molecule has 0 bridgehead atoms. The van der Waals surface area contributed by atoms with Gasteiger partial charge in [0.1, 0.15) is 5.76 Å². The number of nitrogens with one attached hydrogen (secondary N) is 1. The normalized spacial score (nSPS) is 26.8. The molecule has 1 saturated carbocycles. The summed E-state index contributed by atoms with van der Waals surface area (Å²) < 4.78 is 16.4. The zero-order valence-electron chi connectivity index (χ0n) is 15.7. The highest BCUT2D eigenvalue weighted by Crippen LogP contribution is 2.47. The Morgan fingerprint density at radius 1 is 1.41 bits per heavy atom. The smallest absolute Gasteiger partial charge is 0.228 e. The van der Waals surface area contributed by atoms with Crippen molar-refractivity contribution in [3.63, 3.8) is 0 Å². The van der Waals surface area contributed by atoms with Crippen LogP contribution < -0.4 is 5.32 Å². The van der Waals surface area contributed by atoms with E-state index in [1.807, 2.05) is 4.90 Å². The van der Waals surface area contributed by atoms with Gasteiger partial charge in [-0.25, -0.2) is 0 Å². The van der Waals surface area contributed by atoms with Crippen molar-refractivity contribution in [1.29, 1.82) is 0 Å². The van der Waals surface area contributed by atoms with Crippen molar-refractivity contribution in [3.05, 3.63) is 17.5 Å². The molecule has 27 heavy (non-hydrogen) atoms. The summed E-state index contributed by atoms with van der Waals surface area (Å²) >= 11 is 0. The first kappa shape index (κ1) is 18.4. The maximum absolute atomic E-state index is 12.9. The van der Waals surface area contributed by atoms with Crippen LogP contribution in [-0.4, -0.2) is 67.4 Å². The Kier molecular flexibility index (Phi) is 5.19. The van der Waals surface area contributed by atoms with Crippen molar-refractivity contribution in [3.8, 4) is 0 Å². The fourth-order valence-corrected chi connectivity index (χ4v) is 3.89. The second-order valence-corrected chi connectivity index (χ2v) is 8.11. The number of hydrogen-bond donors (Lipinski definition) is 1. The van der Waals surface area contributed by atoms with Gasteiger partial charge in [0, 0.05) is 31.1 Å². The van der Waals surface area contributed by atoms with Crippen LogP contribution in [0.1, 0.15) is 30.7 Å². The summed E-state index contributed by atoms with van der Waals surface area (Å²) in [6.45, 7) is 5.48. The third-order valence-electron chi connectivity index (χ3n) is 5.68. The average molecular weight is 377 g/mol. The molecule has 0 unspecified atom stereocenters. The van der Waals surface area contributed by atoms with Crippen molar-refractivity contribution >= 4 is 11.8 Å². The van der Waals surface area contributed by atoms with Crippen molar-refractivity contribution < 1.29 is 23.6 Å². The van der Waals surface area contributed by atoms with Crippen LogP contribution in [0.25, 0.3) is 0 Å². The first-order valence-corrected chi connectivity index (χ1v) is 9.70. The molecular formula is C19H27N3O5. The van der Waals surface area contributed by atoms with Gasteiger partial charge in [-0.1, -0.05) is 5.16 Å². The summed E-state index contributed by atoms with van der Waals surface area (Å²) in [7, 11) is 0. The lowest BCUT2D eigenvalue weighted by Crippen LogP contribution is -2.41. The van der Waals surface area contributed by atoms with E-state index in [1.54, 1.807) is 13.0 Å². The van der Waals surface area contributed by atoms with E-state index in [0.29, 0.717) is 44.2 Å². The SMILES string of the molecule is Cc1cc(CC(=O)NC[C@@H]2C[C@H](C(=O)N3CCOCC4(CC4)C3)CO2)no1. The molecule has 1 aromatic heterocycles. The van der Waals surface area contributed by atoms with Crippen LogP contribution >= 0.6 is 0 Å². The van der Waals surface area contributed by atoms with E-state index >= 15 is 0 Å². The Labute approximate surface area is 158 Å². The molecule has 4 rings (SSSR count). The number of rotatable bonds is 5. The number of carbonyl (C=O) groups excluding carboxylic acids is 2. The van der Waals surface area contributed by atoms with E-state index in [9.17, 15) is 9.59 Å². The molecule has 0 radical (unpaired) electrons. The minimum Gasteiger partial charge on any atom is -0.379 e. The summed E-state index contributed by atoms with van der Waals surface area (Å²) in [5.74, 6) is 0.602. The molecule has 148 valence electrons. The highest BCUT2D eigenvalue weighted by atomic mass is 16.5. The fourth-order valence-electron chi connectivity index (χ4n) is 3.89. The van der Waals surface area contributed by atoms with Gasteiger partial charge in [0.15, 0.2) is 0 Å². The maximum Gasteiger partial charge on any atom is 0.228 e. The van der Waals surface area contributed by atoms with Gasteiger partial charge in [0.05, 0.1) is 44.0 Å². The number of aryl methyl sites for hydroxylation is 1. The first-order valence-electron chi connectivity index (χ1n) is 9.70. The number of ether oxygens (including phenoxy) is 2. The summed E-state index contributed by atoms with van der Waals surface area (Å²) in [5, 5.41) is 6.68. The van der Waals surface area contributed by atoms with Gasteiger partial charge in [-0.05, 0) is 26.2 Å². The first-order chi connectivity index (χ1) is 13.0. The van der Waals surface area contributed by atoms with Crippen LogP contribution in [0.4, 0.5) is 0 Å². The Hall–Kier alpha value is -1.93. The van der Waals surface area contributed by atoms with Crippen molar-refractivity contribution in [2.24, 2.45) is 11.3 Å². The molecule has 1 N–H and O–H groups in total. The monoisotopic (exact) mass is 377 g/mol. The van der Waals surface area contributed by atoms with Crippen LogP contribution in [0, 0.1) is 18.3 Å². The molecule has 1 spiro atoms. The molecule has 8 nitrogen and oxygen atoms in total. The third kappa shape index (κ3) is 4.50. The van der Waals surface area contributed by atoms with Crippen LogP contribution in [0.15, 0.2) is 10.6 Å². The van der Waals surface area contributed by atoms with Crippen LogP contribution in [0.2, 0.25) is 0 Å². The van der Waals surface area contributed by atoms with Crippen LogP contribution in [-0.2, 0) is 25.5 Å². The second-order valence-electron chi connectivity index (χ2n) is 8.11. The third-order valence-corrected chi connectivity index (χ3v) is 5.68. The van der Waals surface area contributed by atoms with E-state index in [2.05, 4.69) is 10.5 Å².